The summed E-state index contributed by atoms with van der Waals surface area (Å²) in [5.41, 5.74) is 4.71. The SMILES string of the molecule is C=C(N[C@@H]1CCOc2cc(C(=O)OC)ccc21)c1ccccc1C. The van der Waals surface area contributed by atoms with Gasteiger partial charge in [-0.05, 0) is 30.2 Å². The fourth-order valence-corrected chi connectivity index (χ4v) is 2.98. The normalized spacial score (nSPS) is 15.8. The van der Waals surface area contributed by atoms with Crippen LogP contribution >= 0.6 is 0 Å². The summed E-state index contributed by atoms with van der Waals surface area (Å²) in [6.07, 6.45) is 0.843. The van der Waals surface area contributed by atoms with Gasteiger partial charge in [0.25, 0.3) is 0 Å². The third-order valence-corrected chi connectivity index (χ3v) is 4.29. The Kier molecular flexibility index (Phi) is 4.56. The van der Waals surface area contributed by atoms with Crippen LogP contribution in [-0.2, 0) is 4.74 Å². The van der Waals surface area contributed by atoms with Crippen LogP contribution in [0.1, 0.15) is 39.5 Å². The molecular formula is C20H21NO3. The molecule has 0 aliphatic carbocycles. The number of hydrogen-bond acceptors (Lipinski definition) is 4. The van der Waals surface area contributed by atoms with Crippen LogP contribution in [0.25, 0.3) is 5.70 Å². The molecule has 1 heterocycles. The molecule has 2 aromatic carbocycles. The Bertz CT molecular complexity index is 782. The van der Waals surface area contributed by atoms with Gasteiger partial charge in [-0.1, -0.05) is 36.9 Å². The van der Waals surface area contributed by atoms with Crippen LogP contribution in [0.4, 0.5) is 0 Å². The van der Waals surface area contributed by atoms with Gasteiger partial charge in [0, 0.05) is 17.7 Å². The molecule has 1 atom stereocenters. The van der Waals surface area contributed by atoms with Crippen LogP contribution in [0.3, 0.4) is 0 Å². The van der Waals surface area contributed by atoms with E-state index in [0.29, 0.717) is 12.2 Å². The van der Waals surface area contributed by atoms with Crippen molar-refractivity contribution in [1.29, 1.82) is 0 Å². The van der Waals surface area contributed by atoms with Gasteiger partial charge < -0.3 is 14.8 Å². The van der Waals surface area contributed by atoms with Crippen molar-refractivity contribution in [2.45, 2.75) is 19.4 Å². The second kappa shape index (κ2) is 6.79. The zero-order valence-electron chi connectivity index (χ0n) is 14.0. The molecule has 0 unspecified atom stereocenters. The first kappa shape index (κ1) is 16.1. The Hall–Kier alpha value is -2.75. The third kappa shape index (κ3) is 3.13. The molecule has 0 radical (unpaired) electrons. The Balaban J connectivity index is 1.83. The van der Waals surface area contributed by atoms with Gasteiger partial charge in [-0.3, -0.25) is 0 Å². The number of methoxy groups -OCH3 is 1. The Labute approximate surface area is 142 Å². The van der Waals surface area contributed by atoms with Crippen molar-refractivity contribution in [1.82, 2.24) is 5.32 Å². The van der Waals surface area contributed by atoms with E-state index in [9.17, 15) is 4.79 Å². The number of benzene rings is 2. The summed E-state index contributed by atoms with van der Waals surface area (Å²) in [4.78, 5) is 11.7. The quantitative estimate of drug-likeness (QED) is 0.868. The first-order valence-electron chi connectivity index (χ1n) is 7.96. The van der Waals surface area contributed by atoms with E-state index in [2.05, 4.69) is 31.0 Å². The lowest BCUT2D eigenvalue weighted by atomic mass is 9.97. The number of nitrogens with one attached hydrogen (secondary N) is 1. The van der Waals surface area contributed by atoms with E-state index in [1.165, 1.54) is 12.7 Å². The van der Waals surface area contributed by atoms with E-state index in [4.69, 9.17) is 9.47 Å². The van der Waals surface area contributed by atoms with Gasteiger partial charge in [-0.15, -0.1) is 0 Å². The number of rotatable bonds is 4. The van der Waals surface area contributed by atoms with Gasteiger partial charge in [-0.25, -0.2) is 4.79 Å². The summed E-state index contributed by atoms with van der Waals surface area (Å²) >= 11 is 0. The Morgan fingerprint density at radius 1 is 1.29 bits per heavy atom. The number of ether oxygens (including phenoxy) is 2. The summed E-state index contributed by atoms with van der Waals surface area (Å²) in [6.45, 7) is 6.85. The minimum atomic E-state index is -0.360. The minimum Gasteiger partial charge on any atom is -0.493 e. The second-order valence-electron chi connectivity index (χ2n) is 5.87. The molecule has 0 bridgehead atoms. The molecule has 0 saturated carbocycles. The topological polar surface area (TPSA) is 47.6 Å². The van der Waals surface area contributed by atoms with E-state index in [-0.39, 0.29) is 12.0 Å². The van der Waals surface area contributed by atoms with Crippen LogP contribution in [-0.4, -0.2) is 19.7 Å². The van der Waals surface area contributed by atoms with E-state index in [0.717, 1.165) is 29.0 Å². The highest BCUT2D eigenvalue weighted by Crippen LogP contribution is 2.34. The highest BCUT2D eigenvalue weighted by atomic mass is 16.5. The molecule has 1 aliphatic rings. The molecule has 0 aromatic heterocycles. The van der Waals surface area contributed by atoms with Crippen LogP contribution in [0.2, 0.25) is 0 Å². The molecular weight excluding hydrogens is 302 g/mol. The standard InChI is InChI=1S/C20H21NO3/c1-13-6-4-5-7-16(13)14(2)21-18-10-11-24-19-12-15(20(22)23-3)8-9-17(18)19/h4-9,12,18,21H,2,10-11H2,1,3H3/t18-/m1/s1. The molecule has 1 N–H and O–H groups in total. The number of aryl methyl sites for hydroxylation is 1. The lowest BCUT2D eigenvalue weighted by Gasteiger charge is -2.29. The van der Waals surface area contributed by atoms with Gasteiger partial charge in [0.2, 0.25) is 0 Å². The van der Waals surface area contributed by atoms with Crippen molar-refractivity contribution >= 4 is 11.7 Å². The van der Waals surface area contributed by atoms with Crippen molar-refractivity contribution in [2.75, 3.05) is 13.7 Å². The molecule has 2 aromatic rings. The highest BCUT2D eigenvalue weighted by Gasteiger charge is 2.23. The second-order valence-corrected chi connectivity index (χ2v) is 5.87. The number of fused-ring (bicyclic) bond motifs is 1. The minimum absolute atomic E-state index is 0.104. The number of carbonyl (C=O) groups excluding carboxylic acids is 1. The number of hydrogen-bond donors (Lipinski definition) is 1. The zero-order chi connectivity index (χ0) is 17.1. The molecule has 1 aliphatic heterocycles. The van der Waals surface area contributed by atoms with Gasteiger partial charge in [0.1, 0.15) is 5.75 Å². The first-order valence-corrected chi connectivity index (χ1v) is 7.96. The molecule has 3 rings (SSSR count). The monoisotopic (exact) mass is 323 g/mol. The summed E-state index contributed by atoms with van der Waals surface area (Å²) in [5.74, 6) is 0.361. The maximum absolute atomic E-state index is 11.7. The van der Waals surface area contributed by atoms with Crippen molar-refractivity contribution in [3.63, 3.8) is 0 Å². The van der Waals surface area contributed by atoms with Crippen LogP contribution in [0, 0.1) is 6.92 Å². The van der Waals surface area contributed by atoms with Crippen LogP contribution < -0.4 is 10.1 Å². The van der Waals surface area contributed by atoms with E-state index in [1.807, 2.05) is 18.2 Å². The van der Waals surface area contributed by atoms with E-state index < -0.39 is 0 Å². The van der Waals surface area contributed by atoms with Gasteiger partial charge in [-0.2, -0.15) is 0 Å². The Morgan fingerprint density at radius 2 is 2.08 bits per heavy atom. The molecule has 0 amide bonds. The fraction of sp³-hybridized carbons (Fsp3) is 0.250. The molecule has 0 spiro atoms. The summed E-state index contributed by atoms with van der Waals surface area (Å²) < 4.78 is 10.5. The molecule has 0 saturated heterocycles. The first-order chi connectivity index (χ1) is 11.6. The van der Waals surface area contributed by atoms with Crippen LogP contribution in [0.15, 0.2) is 49.0 Å². The molecule has 4 nitrogen and oxygen atoms in total. The van der Waals surface area contributed by atoms with E-state index in [1.54, 1.807) is 12.1 Å². The lowest BCUT2D eigenvalue weighted by Crippen LogP contribution is -2.26. The van der Waals surface area contributed by atoms with Crippen molar-refractivity contribution in [3.05, 3.63) is 71.3 Å². The smallest absolute Gasteiger partial charge is 0.337 e. The summed E-state index contributed by atoms with van der Waals surface area (Å²) in [6, 6.07) is 13.7. The summed E-state index contributed by atoms with van der Waals surface area (Å²) in [7, 11) is 1.37. The van der Waals surface area contributed by atoms with Gasteiger partial charge in [0.15, 0.2) is 0 Å². The van der Waals surface area contributed by atoms with Crippen molar-refractivity contribution in [2.24, 2.45) is 0 Å². The largest absolute Gasteiger partial charge is 0.493 e. The predicted octanol–water partition coefficient (Wildman–Crippen LogP) is 3.87. The Morgan fingerprint density at radius 3 is 2.83 bits per heavy atom. The maximum Gasteiger partial charge on any atom is 0.337 e. The van der Waals surface area contributed by atoms with Gasteiger partial charge >= 0.3 is 5.97 Å². The number of carbonyl (C=O) groups is 1. The molecule has 4 heteroatoms. The fourth-order valence-electron chi connectivity index (χ4n) is 2.98. The zero-order valence-corrected chi connectivity index (χ0v) is 14.0. The third-order valence-electron chi connectivity index (χ3n) is 4.29. The van der Waals surface area contributed by atoms with Gasteiger partial charge in [0.05, 0.1) is 25.3 Å². The number of esters is 1. The molecule has 24 heavy (non-hydrogen) atoms. The average molecular weight is 323 g/mol. The predicted molar refractivity (Wildman–Crippen MR) is 94.0 cm³/mol. The van der Waals surface area contributed by atoms with Crippen molar-refractivity contribution < 1.29 is 14.3 Å². The molecule has 0 fully saturated rings. The van der Waals surface area contributed by atoms with E-state index >= 15 is 0 Å². The maximum atomic E-state index is 11.7. The highest BCUT2D eigenvalue weighted by molar-refractivity contribution is 5.90. The van der Waals surface area contributed by atoms with Crippen molar-refractivity contribution in [3.8, 4) is 5.75 Å². The molecule has 124 valence electrons. The summed E-state index contributed by atoms with van der Waals surface area (Å²) in [5, 5.41) is 3.50. The average Bonchev–Trinajstić information content (AvgIpc) is 2.61. The lowest BCUT2D eigenvalue weighted by molar-refractivity contribution is 0.0600. The van der Waals surface area contributed by atoms with Crippen LogP contribution in [0.5, 0.6) is 5.75 Å².